The number of rotatable bonds is 1. The normalized spacial score (nSPS) is 15.7. The number of likely N-dealkylation sites (tertiary alicyclic amines) is 1. The van der Waals surface area contributed by atoms with Crippen LogP contribution in [0.15, 0.2) is 11.6 Å². The van der Waals surface area contributed by atoms with Gasteiger partial charge in [-0.3, -0.25) is 0 Å². The molecule has 19 heavy (non-hydrogen) atoms. The van der Waals surface area contributed by atoms with E-state index in [0.717, 1.165) is 5.57 Å². The van der Waals surface area contributed by atoms with Gasteiger partial charge in [0.05, 0.1) is 0 Å². The summed E-state index contributed by atoms with van der Waals surface area (Å²) in [5.41, 5.74) is -0.120. The van der Waals surface area contributed by atoms with E-state index in [1.54, 1.807) is 4.90 Å². The number of amides is 1. The van der Waals surface area contributed by atoms with Crippen LogP contribution in [0.25, 0.3) is 0 Å². The van der Waals surface area contributed by atoms with Crippen molar-refractivity contribution in [2.45, 2.75) is 52.7 Å². The van der Waals surface area contributed by atoms with Gasteiger partial charge in [0.1, 0.15) is 11.2 Å². The third kappa shape index (κ3) is 5.77. The van der Waals surface area contributed by atoms with E-state index < -0.39 is 11.2 Å². The summed E-state index contributed by atoms with van der Waals surface area (Å²) in [6.07, 6.45) is 1.10. The highest BCUT2D eigenvalue weighted by atomic mass is 16.6. The summed E-state index contributed by atoms with van der Waals surface area (Å²) in [4.78, 5) is 24.7. The fourth-order valence-electron chi connectivity index (χ4n) is 1.49. The SMILES string of the molecule is CC(C)(C)OC(=O)C=C1CN(C(=O)OC(C)(C)C)C1. The van der Waals surface area contributed by atoms with Gasteiger partial charge in [0.2, 0.25) is 0 Å². The molecule has 1 aliphatic rings. The number of carbonyl (C=O) groups excluding carboxylic acids is 2. The van der Waals surface area contributed by atoms with Crippen LogP contribution in [-0.2, 0) is 14.3 Å². The number of hydrogen-bond donors (Lipinski definition) is 0. The van der Waals surface area contributed by atoms with Crippen LogP contribution in [0.1, 0.15) is 41.5 Å². The molecule has 0 spiro atoms. The minimum absolute atomic E-state index is 0.353. The van der Waals surface area contributed by atoms with Crippen molar-refractivity contribution < 1.29 is 19.1 Å². The molecule has 0 radical (unpaired) electrons. The van der Waals surface area contributed by atoms with Gasteiger partial charge in [-0.05, 0) is 47.1 Å². The molecule has 0 aliphatic carbocycles. The van der Waals surface area contributed by atoms with Crippen LogP contribution >= 0.6 is 0 Å². The molecule has 0 atom stereocenters. The average molecular weight is 269 g/mol. The lowest BCUT2D eigenvalue weighted by atomic mass is 10.1. The van der Waals surface area contributed by atoms with Crippen molar-refractivity contribution in [2.75, 3.05) is 13.1 Å². The maximum Gasteiger partial charge on any atom is 0.410 e. The average Bonchev–Trinajstić information content (AvgIpc) is 2.03. The number of ether oxygens (including phenoxy) is 2. The Kier molecular flexibility index (Phi) is 4.28. The Bertz CT molecular complexity index is 391. The van der Waals surface area contributed by atoms with E-state index in [1.165, 1.54) is 6.08 Å². The van der Waals surface area contributed by atoms with Crippen molar-refractivity contribution in [2.24, 2.45) is 0 Å². The Morgan fingerprint density at radius 3 is 1.89 bits per heavy atom. The van der Waals surface area contributed by atoms with Gasteiger partial charge < -0.3 is 14.4 Å². The van der Waals surface area contributed by atoms with Crippen LogP contribution in [-0.4, -0.2) is 41.3 Å². The van der Waals surface area contributed by atoms with Crippen LogP contribution < -0.4 is 0 Å². The molecule has 0 bridgehead atoms. The van der Waals surface area contributed by atoms with Gasteiger partial charge in [0.15, 0.2) is 0 Å². The number of carbonyl (C=O) groups is 2. The maximum atomic E-state index is 11.7. The molecule has 1 saturated heterocycles. The van der Waals surface area contributed by atoms with E-state index in [9.17, 15) is 9.59 Å². The van der Waals surface area contributed by atoms with Crippen LogP contribution in [0.2, 0.25) is 0 Å². The highest BCUT2D eigenvalue weighted by Crippen LogP contribution is 2.19. The van der Waals surface area contributed by atoms with E-state index in [1.807, 2.05) is 41.5 Å². The summed E-state index contributed by atoms with van der Waals surface area (Å²) < 4.78 is 10.4. The van der Waals surface area contributed by atoms with E-state index in [2.05, 4.69) is 0 Å². The topological polar surface area (TPSA) is 55.8 Å². The van der Waals surface area contributed by atoms with Crippen LogP contribution in [0.4, 0.5) is 4.79 Å². The fourth-order valence-corrected chi connectivity index (χ4v) is 1.49. The Balaban J connectivity index is 2.41. The molecule has 1 rings (SSSR count). The number of hydrogen-bond acceptors (Lipinski definition) is 4. The molecule has 1 fully saturated rings. The summed E-state index contributed by atoms with van der Waals surface area (Å²) >= 11 is 0. The van der Waals surface area contributed by atoms with E-state index in [4.69, 9.17) is 9.47 Å². The van der Waals surface area contributed by atoms with Crippen LogP contribution in [0.5, 0.6) is 0 Å². The molecule has 1 aliphatic heterocycles. The molecule has 1 heterocycles. The molecule has 0 aromatic heterocycles. The second kappa shape index (κ2) is 5.23. The summed E-state index contributed by atoms with van der Waals surface area (Å²) in [5.74, 6) is -0.369. The summed E-state index contributed by atoms with van der Waals surface area (Å²) in [6, 6.07) is 0. The zero-order valence-corrected chi connectivity index (χ0v) is 12.6. The van der Waals surface area contributed by atoms with Crippen molar-refractivity contribution in [3.8, 4) is 0 Å². The minimum Gasteiger partial charge on any atom is -0.457 e. The monoisotopic (exact) mass is 269 g/mol. The number of esters is 1. The molecule has 108 valence electrons. The van der Waals surface area contributed by atoms with Crippen molar-refractivity contribution in [1.82, 2.24) is 4.90 Å². The molecule has 5 nitrogen and oxygen atoms in total. The predicted octanol–water partition coefficient (Wildman–Crippen LogP) is 2.51. The van der Waals surface area contributed by atoms with Crippen molar-refractivity contribution in [1.29, 1.82) is 0 Å². The lowest BCUT2D eigenvalue weighted by Crippen LogP contribution is -2.47. The van der Waals surface area contributed by atoms with Crippen molar-refractivity contribution in [3.63, 3.8) is 0 Å². The molecule has 0 N–H and O–H groups in total. The lowest BCUT2D eigenvalue weighted by molar-refractivity contribution is -0.148. The van der Waals surface area contributed by atoms with Gasteiger partial charge in [-0.1, -0.05) is 0 Å². The maximum absolute atomic E-state index is 11.7. The first-order valence-electron chi connectivity index (χ1n) is 6.37. The third-order valence-corrected chi connectivity index (χ3v) is 2.17. The van der Waals surface area contributed by atoms with Crippen molar-refractivity contribution >= 4 is 12.1 Å². The second-order valence-corrected chi connectivity index (χ2v) is 6.67. The standard InChI is InChI=1S/C14H23NO4/c1-13(2,3)18-11(16)7-10-8-15(9-10)12(17)19-14(4,5)6/h7H,8-9H2,1-6H3. The van der Waals surface area contributed by atoms with E-state index >= 15 is 0 Å². The fraction of sp³-hybridized carbons (Fsp3) is 0.714. The Morgan fingerprint density at radius 1 is 1.00 bits per heavy atom. The summed E-state index contributed by atoms with van der Waals surface area (Å²) in [5, 5.41) is 0. The van der Waals surface area contributed by atoms with E-state index in [-0.39, 0.29) is 12.1 Å². The molecular weight excluding hydrogens is 246 g/mol. The van der Waals surface area contributed by atoms with Crippen molar-refractivity contribution in [3.05, 3.63) is 11.6 Å². The van der Waals surface area contributed by atoms with Gasteiger partial charge >= 0.3 is 12.1 Å². The first-order chi connectivity index (χ1) is 8.46. The largest absolute Gasteiger partial charge is 0.457 e. The van der Waals surface area contributed by atoms with Gasteiger partial charge in [-0.15, -0.1) is 0 Å². The van der Waals surface area contributed by atoms with Gasteiger partial charge in [-0.25, -0.2) is 9.59 Å². The smallest absolute Gasteiger partial charge is 0.410 e. The minimum atomic E-state index is -0.498. The molecule has 0 aromatic rings. The highest BCUT2D eigenvalue weighted by Gasteiger charge is 2.30. The molecular formula is C14H23NO4. The summed E-state index contributed by atoms with van der Waals surface area (Å²) in [6.45, 7) is 11.8. The third-order valence-electron chi connectivity index (χ3n) is 2.17. The lowest BCUT2D eigenvalue weighted by Gasteiger charge is -2.35. The predicted molar refractivity (Wildman–Crippen MR) is 71.7 cm³/mol. The zero-order chi connectivity index (χ0) is 14.8. The van der Waals surface area contributed by atoms with Crippen LogP contribution in [0, 0.1) is 0 Å². The first-order valence-corrected chi connectivity index (χ1v) is 6.37. The molecule has 0 aromatic carbocycles. The second-order valence-electron chi connectivity index (χ2n) is 6.67. The first kappa shape index (κ1) is 15.5. The Morgan fingerprint density at radius 2 is 1.47 bits per heavy atom. The quantitative estimate of drug-likeness (QED) is 0.542. The van der Waals surface area contributed by atoms with Gasteiger partial charge in [-0.2, -0.15) is 0 Å². The molecule has 0 unspecified atom stereocenters. The molecule has 0 saturated carbocycles. The number of nitrogens with zero attached hydrogens (tertiary/aromatic N) is 1. The zero-order valence-electron chi connectivity index (χ0n) is 12.6. The molecule has 1 amide bonds. The molecule has 5 heteroatoms. The Labute approximate surface area is 114 Å². The summed E-state index contributed by atoms with van der Waals surface area (Å²) in [7, 11) is 0. The Hall–Kier alpha value is -1.52. The van der Waals surface area contributed by atoms with Gasteiger partial charge in [0, 0.05) is 19.2 Å². The highest BCUT2D eigenvalue weighted by molar-refractivity contribution is 5.84. The van der Waals surface area contributed by atoms with E-state index in [0.29, 0.717) is 13.1 Å². The van der Waals surface area contributed by atoms with Gasteiger partial charge in [0.25, 0.3) is 0 Å². The van der Waals surface area contributed by atoms with Crippen LogP contribution in [0.3, 0.4) is 0 Å².